The highest BCUT2D eigenvalue weighted by Gasteiger charge is 2.32. The molecule has 1 heterocycles. The molecule has 0 radical (unpaired) electrons. The van der Waals surface area contributed by atoms with Crippen LogP contribution in [-0.4, -0.2) is 4.98 Å². The molecular formula is C8H7F3N2. The van der Waals surface area contributed by atoms with E-state index in [9.17, 15) is 13.2 Å². The Morgan fingerprint density at radius 1 is 1.31 bits per heavy atom. The largest absolute Gasteiger partial charge is 0.433 e. The van der Waals surface area contributed by atoms with Gasteiger partial charge in [0, 0.05) is 0 Å². The third-order valence-corrected chi connectivity index (χ3v) is 1.33. The lowest BCUT2D eigenvalue weighted by molar-refractivity contribution is -0.141. The molecule has 0 unspecified atom stereocenters. The van der Waals surface area contributed by atoms with E-state index in [0.717, 1.165) is 12.3 Å². The van der Waals surface area contributed by atoms with Gasteiger partial charge in [0.25, 0.3) is 0 Å². The zero-order chi connectivity index (χ0) is 9.90. The van der Waals surface area contributed by atoms with Crippen molar-refractivity contribution in [1.82, 2.24) is 4.98 Å². The summed E-state index contributed by atoms with van der Waals surface area (Å²) in [5.74, 6) is 0. The van der Waals surface area contributed by atoms with Crippen LogP contribution in [0.1, 0.15) is 11.4 Å². The fraction of sp³-hybridized carbons (Fsp3) is 0.125. The molecule has 2 N–H and O–H groups in total. The Kier molecular flexibility index (Phi) is 2.55. The lowest BCUT2D eigenvalue weighted by Crippen LogP contribution is -2.08. The summed E-state index contributed by atoms with van der Waals surface area (Å²) in [6, 6.07) is 3.64. The van der Waals surface area contributed by atoms with Crippen molar-refractivity contribution in [3.63, 3.8) is 0 Å². The van der Waals surface area contributed by atoms with Crippen molar-refractivity contribution in [1.29, 1.82) is 0 Å². The van der Waals surface area contributed by atoms with E-state index < -0.39 is 11.9 Å². The van der Waals surface area contributed by atoms with Crippen LogP contribution in [0, 0.1) is 0 Å². The van der Waals surface area contributed by atoms with Crippen molar-refractivity contribution in [3.8, 4) is 0 Å². The molecule has 0 bridgehead atoms. The van der Waals surface area contributed by atoms with Crippen LogP contribution in [0.15, 0.2) is 24.4 Å². The normalized spacial score (nSPS) is 12.2. The summed E-state index contributed by atoms with van der Waals surface area (Å²) < 4.78 is 36.3. The highest BCUT2D eigenvalue weighted by molar-refractivity contribution is 5.43. The molecule has 0 amide bonds. The van der Waals surface area contributed by atoms with E-state index in [-0.39, 0.29) is 5.69 Å². The van der Waals surface area contributed by atoms with Gasteiger partial charge in [-0.3, -0.25) is 0 Å². The minimum absolute atomic E-state index is 0.192. The van der Waals surface area contributed by atoms with Crippen LogP contribution < -0.4 is 5.73 Å². The molecule has 0 saturated heterocycles. The molecule has 0 saturated carbocycles. The Morgan fingerprint density at radius 3 is 2.54 bits per heavy atom. The number of nitrogens with zero attached hydrogens (tertiary/aromatic N) is 1. The van der Waals surface area contributed by atoms with E-state index in [1.165, 1.54) is 18.2 Å². The molecule has 5 heteroatoms. The molecule has 0 aliphatic rings. The number of hydrogen-bond acceptors (Lipinski definition) is 2. The van der Waals surface area contributed by atoms with Crippen molar-refractivity contribution < 1.29 is 13.2 Å². The first kappa shape index (κ1) is 9.57. The molecule has 70 valence electrons. The molecule has 1 aromatic rings. The summed E-state index contributed by atoms with van der Waals surface area (Å²) in [4.78, 5) is 3.34. The number of nitrogens with two attached hydrogens (primary N) is 1. The van der Waals surface area contributed by atoms with Crippen molar-refractivity contribution in [2.24, 2.45) is 5.73 Å². The first-order chi connectivity index (χ1) is 6.04. The van der Waals surface area contributed by atoms with Crippen molar-refractivity contribution >= 4 is 6.08 Å². The highest BCUT2D eigenvalue weighted by atomic mass is 19.4. The molecule has 0 aliphatic carbocycles. The van der Waals surface area contributed by atoms with Crippen LogP contribution in [0.2, 0.25) is 0 Å². The van der Waals surface area contributed by atoms with Gasteiger partial charge in [0.2, 0.25) is 0 Å². The van der Waals surface area contributed by atoms with Crippen LogP contribution >= 0.6 is 0 Å². The molecule has 1 rings (SSSR count). The molecular weight excluding hydrogens is 181 g/mol. The van der Waals surface area contributed by atoms with Crippen LogP contribution in [-0.2, 0) is 6.18 Å². The molecule has 0 spiro atoms. The van der Waals surface area contributed by atoms with Gasteiger partial charge in [-0.2, -0.15) is 13.2 Å². The van der Waals surface area contributed by atoms with Crippen molar-refractivity contribution in [2.45, 2.75) is 6.18 Å². The summed E-state index contributed by atoms with van der Waals surface area (Å²) >= 11 is 0. The molecule has 0 fully saturated rings. The predicted molar refractivity (Wildman–Crippen MR) is 42.5 cm³/mol. The highest BCUT2D eigenvalue weighted by Crippen LogP contribution is 2.27. The Labute approximate surface area is 72.9 Å². The summed E-state index contributed by atoms with van der Waals surface area (Å²) in [5, 5.41) is 0. The predicted octanol–water partition coefficient (Wildman–Crippen LogP) is 2.03. The smallest absolute Gasteiger partial charge is 0.405 e. The number of aromatic nitrogens is 1. The number of alkyl halides is 3. The minimum Gasteiger partial charge on any atom is -0.405 e. The van der Waals surface area contributed by atoms with Crippen LogP contribution in [0.5, 0.6) is 0 Å². The lowest BCUT2D eigenvalue weighted by Gasteiger charge is -2.05. The van der Waals surface area contributed by atoms with Gasteiger partial charge in [-0.1, -0.05) is 6.07 Å². The van der Waals surface area contributed by atoms with Gasteiger partial charge in [0.05, 0.1) is 5.69 Å². The minimum atomic E-state index is -4.40. The van der Waals surface area contributed by atoms with Gasteiger partial charge in [-0.05, 0) is 24.4 Å². The Bertz CT molecular complexity index is 317. The average Bonchev–Trinajstić information content (AvgIpc) is 2.04. The molecule has 2 nitrogen and oxygen atoms in total. The SMILES string of the molecule is N/C=C\c1cccc(C(F)(F)F)n1. The third-order valence-electron chi connectivity index (χ3n) is 1.33. The topological polar surface area (TPSA) is 38.9 Å². The standard InChI is InChI=1S/C8H7F3N2/c9-8(10,11)7-3-1-2-6(13-7)4-5-12/h1-5H,12H2/b5-4-. The molecule has 0 aromatic carbocycles. The van der Waals surface area contributed by atoms with Gasteiger partial charge in [0.1, 0.15) is 5.69 Å². The second-order valence-electron chi connectivity index (χ2n) is 2.30. The Morgan fingerprint density at radius 2 is 2.00 bits per heavy atom. The van der Waals surface area contributed by atoms with Crippen molar-refractivity contribution in [2.75, 3.05) is 0 Å². The molecule has 1 aromatic heterocycles. The average molecular weight is 188 g/mol. The first-order valence-electron chi connectivity index (χ1n) is 3.46. The van der Waals surface area contributed by atoms with E-state index in [1.54, 1.807) is 0 Å². The number of halogens is 3. The zero-order valence-electron chi connectivity index (χ0n) is 6.55. The fourth-order valence-corrected chi connectivity index (χ4v) is 0.801. The number of hydrogen-bond donors (Lipinski definition) is 1. The van der Waals surface area contributed by atoms with Gasteiger partial charge in [-0.25, -0.2) is 4.98 Å². The fourth-order valence-electron chi connectivity index (χ4n) is 0.801. The summed E-state index contributed by atoms with van der Waals surface area (Å²) in [5.41, 5.74) is 4.30. The molecule has 0 atom stereocenters. The Hall–Kier alpha value is -1.52. The lowest BCUT2D eigenvalue weighted by atomic mass is 10.3. The number of rotatable bonds is 1. The van der Waals surface area contributed by atoms with Gasteiger partial charge >= 0.3 is 6.18 Å². The van der Waals surface area contributed by atoms with E-state index in [2.05, 4.69) is 4.98 Å². The van der Waals surface area contributed by atoms with E-state index in [4.69, 9.17) is 5.73 Å². The zero-order valence-corrected chi connectivity index (χ0v) is 6.55. The van der Waals surface area contributed by atoms with Crippen LogP contribution in [0.4, 0.5) is 13.2 Å². The quantitative estimate of drug-likeness (QED) is 0.732. The maximum Gasteiger partial charge on any atom is 0.433 e. The van der Waals surface area contributed by atoms with E-state index in [0.29, 0.717) is 0 Å². The summed E-state index contributed by atoms with van der Waals surface area (Å²) in [7, 11) is 0. The first-order valence-corrected chi connectivity index (χ1v) is 3.46. The van der Waals surface area contributed by atoms with E-state index >= 15 is 0 Å². The van der Waals surface area contributed by atoms with Gasteiger partial charge < -0.3 is 5.73 Å². The second-order valence-corrected chi connectivity index (χ2v) is 2.30. The monoisotopic (exact) mass is 188 g/mol. The van der Waals surface area contributed by atoms with Gasteiger partial charge in [0.15, 0.2) is 0 Å². The summed E-state index contributed by atoms with van der Waals surface area (Å²) in [6.07, 6.45) is -1.96. The van der Waals surface area contributed by atoms with Crippen molar-refractivity contribution in [3.05, 3.63) is 35.8 Å². The molecule has 0 aliphatic heterocycles. The maximum absolute atomic E-state index is 12.1. The number of pyridine rings is 1. The van der Waals surface area contributed by atoms with Gasteiger partial charge in [-0.15, -0.1) is 0 Å². The summed E-state index contributed by atoms with van der Waals surface area (Å²) in [6.45, 7) is 0. The third kappa shape index (κ3) is 2.47. The van der Waals surface area contributed by atoms with E-state index in [1.807, 2.05) is 0 Å². The van der Waals surface area contributed by atoms with Crippen LogP contribution in [0.25, 0.3) is 6.08 Å². The maximum atomic E-state index is 12.1. The second kappa shape index (κ2) is 3.47. The van der Waals surface area contributed by atoms with Crippen LogP contribution in [0.3, 0.4) is 0 Å². The Balaban J connectivity index is 3.05. The molecule has 13 heavy (non-hydrogen) atoms.